The first-order valence-corrected chi connectivity index (χ1v) is 7.10. The molecular weight excluding hydrogens is 310 g/mol. The van der Waals surface area contributed by atoms with Crippen LogP contribution in [0.15, 0.2) is 30.5 Å². The molecule has 0 unspecified atom stereocenters. The first-order valence-electron chi connectivity index (χ1n) is 6.72. The molecule has 0 radical (unpaired) electrons. The van der Waals surface area contributed by atoms with Crippen LogP contribution in [0, 0.1) is 11.6 Å². The van der Waals surface area contributed by atoms with Crippen molar-refractivity contribution in [2.24, 2.45) is 0 Å². The predicted octanol–water partition coefficient (Wildman–Crippen LogP) is 4.53. The van der Waals surface area contributed by atoms with Gasteiger partial charge in [-0.25, -0.2) is 18.3 Å². The summed E-state index contributed by atoms with van der Waals surface area (Å²) in [7, 11) is 0. The predicted molar refractivity (Wildman–Crippen MR) is 81.7 cm³/mol. The lowest BCUT2D eigenvalue weighted by Gasteiger charge is -2.11. The third-order valence-corrected chi connectivity index (χ3v) is 3.46. The summed E-state index contributed by atoms with van der Waals surface area (Å²) in [6.45, 7) is 3.99. The summed E-state index contributed by atoms with van der Waals surface area (Å²) < 4.78 is 29.2. The Morgan fingerprint density at radius 3 is 2.55 bits per heavy atom. The molecule has 0 aliphatic rings. The molecule has 114 valence electrons. The van der Waals surface area contributed by atoms with E-state index in [-0.39, 0.29) is 16.8 Å². The number of anilines is 2. The number of benzene rings is 1. The lowest BCUT2D eigenvalue weighted by molar-refractivity contribution is 0.591. The molecule has 2 heterocycles. The largest absolute Gasteiger partial charge is 0.348 e. The molecule has 0 amide bonds. The van der Waals surface area contributed by atoms with Crippen LogP contribution in [-0.2, 0) is 0 Å². The number of para-hydroxylation sites is 1. The van der Waals surface area contributed by atoms with Gasteiger partial charge in [0.25, 0.3) is 0 Å². The zero-order valence-corrected chi connectivity index (χ0v) is 12.7. The highest BCUT2D eigenvalue weighted by molar-refractivity contribution is 6.29. The molecule has 1 N–H and O–H groups in total. The molecular formula is C15H13ClF2N4. The monoisotopic (exact) mass is 322 g/mol. The highest BCUT2D eigenvalue weighted by Crippen LogP contribution is 2.28. The normalized spacial score (nSPS) is 11.4. The van der Waals surface area contributed by atoms with E-state index in [1.165, 1.54) is 24.3 Å². The Morgan fingerprint density at radius 2 is 1.91 bits per heavy atom. The second-order valence-electron chi connectivity index (χ2n) is 5.18. The van der Waals surface area contributed by atoms with Crippen molar-refractivity contribution in [3.05, 3.63) is 52.9 Å². The Morgan fingerprint density at radius 1 is 1.23 bits per heavy atom. The summed E-state index contributed by atoms with van der Waals surface area (Å²) in [6.07, 6.45) is 1.67. The van der Waals surface area contributed by atoms with Gasteiger partial charge in [-0.15, -0.1) is 0 Å². The average molecular weight is 323 g/mol. The van der Waals surface area contributed by atoms with Crippen molar-refractivity contribution in [2.45, 2.75) is 19.8 Å². The number of aromatic nitrogens is 3. The van der Waals surface area contributed by atoms with E-state index in [9.17, 15) is 8.78 Å². The second-order valence-corrected chi connectivity index (χ2v) is 5.56. The lowest BCUT2D eigenvalue weighted by atomic mass is 10.2. The van der Waals surface area contributed by atoms with Gasteiger partial charge in [-0.3, -0.25) is 0 Å². The molecule has 0 atom stereocenters. The molecule has 2 aromatic heterocycles. The molecule has 1 aromatic carbocycles. The van der Waals surface area contributed by atoms with E-state index in [0.717, 1.165) is 5.69 Å². The minimum atomic E-state index is -0.693. The van der Waals surface area contributed by atoms with E-state index in [0.29, 0.717) is 11.3 Å². The van der Waals surface area contributed by atoms with Gasteiger partial charge in [0.05, 0.1) is 17.6 Å². The zero-order valence-electron chi connectivity index (χ0n) is 11.9. The average Bonchev–Trinajstić information content (AvgIpc) is 2.86. The van der Waals surface area contributed by atoms with Gasteiger partial charge >= 0.3 is 0 Å². The van der Waals surface area contributed by atoms with Crippen molar-refractivity contribution < 1.29 is 8.78 Å². The van der Waals surface area contributed by atoms with Gasteiger partial charge in [-0.05, 0) is 18.1 Å². The van der Waals surface area contributed by atoms with E-state index >= 15 is 0 Å². The van der Waals surface area contributed by atoms with E-state index in [1.807, 2.05) is 13.8 Å². The Bertz CT molecular complexity index is 825. The van der Waals surface area contributed by atoms with Crippen LogP contribution in [0.25, 0.3) is 5.65 Å². The van der Waals surface area contributed by atoms with Gasteiger partial charge in [-0.1, -0.05) is 31.5 Å². The summed E-state index contributed by atoms with van der Waals surface area (Å²) in [5.41, 5.74) is 1.45. The fraction of sp³-hybridized carbons (Fsp3) is 0.200. The maximum absolute atomic E-state index is 13.8. The Hall–Kier alpha value is -2.21. The maximum atomic E-state index is 13.8. The highest BCUT2D eigenvalue weighted by Gasteiger charge is 2.16. The van der Waals surface area contributed by atoms with Gasteiger partial charge in [0, 0.05) is 6.07 Å². The van der Waals surface area contributed by atoms with Gasteiger partial charge < -0.3 is 5.32 Å². The fourth-order valence-electron chi connectivity index (χ4n) is 2.19. The smallest absolute Gasteiger partial charge is 0.177 e. The second kappa shape index (κ2) is 5.53. The molecule has 0 fully saturated rings. The van der Waals surface area contributed by atoms with E-state index in [2.05, 4.69) is 15.4 Å². The number of fused-ring (bicyclic) bond motifs is 1. The Balaban J connectivity index is 2.15. The number of hydrogen-bond donors (Lipinski definition) is 1. The van der Waals surface area contributed by atoms with Gasteiger partial charge in [0.1, 0.15) is 17.3 Å². The summed E-state index contributed by atoms with van der Waals surface area (Å²) in [5, 5.41) is 7.12. The maximum Gasteiger partial charge on any atom is 0.177 e. The van der Waals surface area contributed by atoms with E-state index in [4.69, 9.17) is 11.6 Å². The molecule has 7 heteroatoms. The fourth-order valence-corrected chi connectivity index (χ4v) is 2.38. The highest BCUT2D eigenvalue weighted by atomic mass is 35.5. The van der Waals surface area contributed by atoms with Crippen LogP contribution in [-0.4, -0.2) is 14.6 Å². The third kappa shape index (κ3) is 2.50. The number of rotatable bonds is 3. The van der Waals surface area contributed by atoms with Crippen LogP contribution < -0.4 is 5.32 Å². The van der Waals surface area contributed by atoms with Gasteiger partial charge in [0.2, 0.25) is 0 Å². The minimum absolute atomic E-state index is 0.180. The number of halogens is 3. The van der Waals surface area contributed by atoms with Crippen LogP contribution >= 0.6 is 11.6 Å². The lowest BCUT2D eigenvalue weighted by Crippen LogP contribution is -2.04. The molecule has 0 aliphatic heterocycles. The quantitative estimate of drug-likeness (QED) is 0.770. The standard InChI is InChI=1S/C15H13ClF2N4/c1-8(2)12-7-19-15-11(6-13(16)21-22(12)15)20-14-9(17)4-3-5-10(14)18/h3-8,20H,1-2H3. The van der Waals surface area contributed by atoms with Crippen LogP contribution in [0.5, 0.6) is 0 Å². The van der Waals surface area contributed by atoms with Crippen LogP contribution in [0.1, 0.15) is 25.5 Å². The van der Waals surface area contributed by atoms with Crippen molar-refractivity contribution >= 4 is 28.6 Å². The van der Waals surface area contributed by atoms with Gasteiger partial charge in [0.15, 0.2) is 10.8 Å². The summed E-state index contributed by atoms with van der Waals surface area (Å²) in [6, 6.07) is 5.14. The molecule has 22 heavy (non-hydrogen) atoms. The summed E-state index contributed by atoms with van der Waals surface area (Å²) in [4.78, 5) is 4.27. The van der Waals surface area contributed by atoms with Crippen LogP contribution in [0.3, 0.4) is 0 Å². The van der Waals surface area contributed by atoms with Crippen LogP contribution in [0.2, 0.25) is 5.15 Å². The Labute approximate surface area is 130 Å². The third-order valence-electron chi connectivity index (χ3n) is 3.28. The molecule has 3 rings (SSSR count). The van der Waals surface area contributed by atoms with Gasteiger partial charge in [-0.2, -0.15) is 5.10 Å². The van der Waals surface area contributed by atoms with E-state index in [1.54, 1.807) is 10.7 Å². The zero-order chi connectivity index (χ0) is 15.9. The number of imidazole rings is 1. The molecule has 4 nitrogen and oxygen atoms in total. The number of hydrogen-bond acceptors (Lipinski definition) is 3. The van der Waals surface area contributed by atoms with Crippen molar-refractivity contribution in [3.8, 4) is 0 Å². The first-order chi connectivity index (χ1) is 10.5. The molecule has 0 saturated carbocycles. The SMILES string of the molecule is CC(C)c1cnc2c(Nc3c(F)cccc3F)cc(Cl)nn12. The molecule has 0 bridgehead atoms. The molecule has 0 spiro atoms. The first kappa shape index (κ1) is 14.7. The molecule has 0 saturated heterocycles. The van der Waals surface area contributed by atoms with Crippen molar-refractivity contribution in [2.75, 3.05) is 5.32 Å². The number of nitrogens with zero attached hydrogens (tertiary/aromatic N) is 3. The van der Waals surface area contributed by atoms with Crippen molar-refractivity contribution in [1.29, 1.82) is 0 Å². The van der Waals surface area contributed by atoms with Crippen molar-refractivity contribution in [1.82, 2.24) is 14.6 Å². The summed E-state index contributed by atoms with van der Waals surface area (Å²) in [5.74, 6) is -1.21. The minimum Gasteiger partial charge on any atom is -0.348 e. The molecule has 0 aliphatic carbocycles. The number of nitrogens with one attached hydrogen (secondary N) is 1. The van der Waals surface area contributed by atoms with Crippen LogP contribution in [0.4, 0.5) is 20.2 Å². The Kier molecular flexibility index (Phi) is 3.70. The van der Waals surface area contributed by atoms with Crippen molar-refractivity contribution in [3.63, 3.8) is 0 Å². The molecule has 3 aromatic rings. The summed E-state index contributed by atoms with van der Waals surface area (Å²) >= 11 is 6.02. The topological polar surface area (TPSA) is 42.2 Å². The van der Waals surface area contributed by atoms with E-state index < -0.39 is 11.6 Å².